The van der Waals surface area contributed by atoms with E-state index < -0.39 is 22.7 Å². The van der Waals surface area contributed by atoms with Crippen molar-refractivity contribution in [2.45, 2.75) is 38.8 Å². The number of thiazole rings is 1. The van der Waals surface area contributed by atoms with Crippen molar-refractivity contribution in [1.29, 1.82) is 0 Å². The number of halogens is 4. The summed E-state index contributed by atoms with van der Waals surface area (Å²) in [6, 6.07) is 0.668. The van der Waals surface area contributed by atoms with Crippen molar-refractivity contribution < 1.29 is 22.8 Å². The zero-order valence-corrected chi connectivity index (χ0v) is 20.1. The molecule has 1 atom stereocenters. The van der Waals surface area contributed by atoms with E-state index in [1.54, 1.807) is 18.5 Å². The van der Waals surface area contributed by atoms with Crippen LogP contribution in [0.5, 0.6) is 0 Å². The van der Waals surface area contributed by atoms with Crippen molar-refractivity contribution in [3.05, 3.63) is 50.8 Å². The molecule has 0 aliphatic carbocycles. The Kier molecular flexibility index (Phi) is 7.93. The number of Topliss-reactive ketones (excluding diaryl/α,β-unsaturated/α-hetero) is 1. The Labute approximate surface area is 202 Å². The maximum absolute atomic E-state index is 13.0. The molecule has 8 nitrogen and oxygen atoms in total. The van der Waals surface area contributed by atoms with Crippen LogP contribution in [0.15, 0.2) is 24.7 Å². The van der Waals surface area contributed by atoms with Crippen LogP contribution in [0.1, 0.15) is 63.3 Å². The maximum atomic E-state index is 13.0. The van der Waals surface area contributed by atoms with Gasteiger partial charge in [0.15, 0.2) is 5.78 Å². The number of carbonyl (C=O) groups is 2. The van der Waals surface area contributed by atoms with Gasteiger partial charge in [0.05, 0.1) is 28.0 Å². The number of ketones is 1. The van der Waals surface area contributed by atoms with Crippen LogP contribution in [0, 0.1) is 0 Å². The summed E-state index contributed by atoms with van der Waals surface area (Å²) in [7, 11) is 1.75. The van der Waals surface area contributed by atoms with E-state index in [2.05, 4.69) is 25.6 Å². The fourth-order valence-corrected chi connectivity index (χ4v) is 4.14. The van der Waals surface area contributed by atoms with Gasteiger partial charge >= 0.3 is 6.18 Å². The molecule has 1 amide bonds. The van der Waals surface area contributed by atoms with Gasteiger partial charge in [-0.2, -0.15) is 13.2 Å². The Morgan fingerprint density at radius 3 is 2.62 bits per heavy atom. The number of nitrogens with one attached hydrogen (secondary N) is 2. The van der Waals surface area contributed by atoms with Crippen molar-refractivity contribution in [2.75, 3.05) is 17.2 Å². The van der Waals surface area contributed by atoms with Gasteiger partial charge < -0.3 is 15.2 Å². The minimum atomic E-state index is -4.68. The molecular formula is C21H22ClF3N6O2S. The molecule has 13 heteroatoms. The lowest BCUT2D eigenvalue weighted by atomic mass is 10.0. The molecule has 0 spiro atoms. The van der Waals surface area contributed by atoms with Crippen molar-refractivity contribution in [3.8, 4) is 0 Å². The zero-order valence-electron chi connectivity index (χ0n) is 18.5. The predicted molar refractivity (Wildman–Crippen MR) is 124 cm³/mol. The van der Waals surface area contributed by atoms with Gasteiger partial charge in [-0.25, -0.2) is 15.0 Å². The Morgan fingerprint density at radius 1 is 1.21 bits per heavy atom. The Hall–Kier alpha value is -2.99. The summed E-state index contributed by atoms with van der Waals surface area (Å²) >= 11 is 6.60. The van der Waals surface area contributed by atoms with E-state index >= 15 is 0 Å². The van der Waals surface area contributed by atoms with Crippen LogP contribution in [-0.2, 0) is 13.2 Å². The maximum Gasteiger partial charge on any atom is 0.418 e. The van der Waals surface area contributed by atoms with Crippen LogP contribution in [0.25, 0.3) is 0 Å². The average Bonchev–Trinajstić information content (AvgIpc) is 3.40. The summed E-state index contributed by atoms with van der Waals surface area (Å²) in [5, 5.41) is 5.45. The van der Waals surface area contributed by atoms with Gasteiger partial charge in [0.1, 0.15) is 16.4 Å². The summed E-state index contributed by atoms with van der Waals surface area (Å²) in [6.07, 6.45) is 0.0444. The third kappa shape index (κ3) is 5.92. The third-order valence-corrected chi connectivity index (χ3v) is 6.40. The monoisotopic (exact) mass is 514 g/mol. The number of hydrogen-bond acceptors (Lipinski definition) is 7. The van der Waals surface area contributed by atoms with Crippen LogP contribution in [-0.4, -0.2) is 37.8 Å². The first-order valence-corrected chi connectivity index (χ1v) is 11.5. The summed E-state index contributed by atoms with van der Waals surface area (Å²) < 4.78 is 40.8. The van der Waals surface area contributed by atoms with E-state index in [9.17, 15) is 22.8 Å². The number of amides is 1. The molecule has 3 aromatic rings. The lowest BCUT2D eigenvalue weighted by Gasteiger charge is -2.10. The number of imidazole rings is 1. The first-order chi connectivity index (χ1) is 16.0. The largest absolute Gasteiger partial charge is 0.418 e. The SMILES string of the molecule is CCCNc1ncc(C(=O)C[C@H](C)c2ncc(C(=O)Nc3cc(C(F)(F)F)c(Cl)cn3)s2)n1C. The van der Waals surface area contributed by atoms with Gasteiger partial charge in [-0.3, -0.25) is 9.59 Å². The minimum absolute atomic E-state index is 0.127. The first-order valence-electron chi connectivity index (χ1n) is 10.3. The third-order valence-electron chi connectivity index (χ3n) is 4.87. The standard InChI is InChI=1S/C21H22ClF3N6O2S/c1-4-5-26-20-29-9-14(31(20)3)15(32)6-11(2)19-28-10-16(34-19)18(33)30-17-7-12(21(23,24)25)13(22)8-27-17/h7-11H,4-6H2,1-3H3,(H,26,29)(H,27,30,33)/t11-/m0/s1. The molecule has 0 saturated heterocycles. The molecule has 3 aromatic heterocycles. The Bertz CT molecular complexity index is 1190. The topological polar surface area (TPSA) is 102 Å². The highest BCUT2D eigenvalue weighted by atomic mass is 35.5. The molecular weight excluding hydrogens is 493 g/mol. The zero-order chi connectivity index (χ0) is 25.0. The van der Waals surface area contributed by atoms with Gasteiger partial charge in [-0.05, 0) is 12.5 Å². The van der Waals surface area contributed by atoms with E-state index in [-0.39, 0.29) is 28.8 Å². The van der Waals surface area contributed by atoms with E-state index in [0.29, 0.717) is 22.7 Å². The van der Waals surface area contributed by atoms with Crippen molar-refractivity contribution in [3.63, 3.8) is 0 Å². The lowest BCUT2D eigenvalue weighted by molar-refractivity contribution is -0.137. The highest BCUT2D eigenvalue weighted by Gasteiger charge is 2.34. The average molecular weight is 515 g/mol. The molecule has 3 rings (SSSR count). The first kappa shape index (κ1) is 25.6. The highest BCUT2D eigenvalue weighted by Crippen LogP contribution is 2.35. The molecule has 2 N–H and O–H groups in total. The highest BCUT2D eigenvalue weighted by molar-refractivity contribution is 7.13. The van der Waals surface area contributed by atoms with Crippen LogP contribution in [0.2, 0.25) is 5.02 Å². The van der Waals surface area contributed by atoms with Crippen molar-refractivity contribution in [1.82, 2.24) is 19.5 Å². The number of nitrogens with zero attached hydrogens (tertiary/aromatic N) is 4. The van der Waals surface area contributed by atoms with Crippen LogP contribution in [0.4, 0.5) is 24.9 Å². The van der Waals surface area contributed by atoms with Gasteiger partial charge in [-0.1, -0.05) is 25.4 Å². The molecule has 0 bridgehead atoms. The Balaban J connectivity index is 1.66. The fraction of sp³-hybridized carbons (Fsp3) is 0.381. The molecule has 3 heterocycles. The summed E-state index contributed by atoms with van der Waals surface area (Å²) in [6.45, 7) is 4.57. The second-order valence-electron chi connectivity index (χ2n) is 7.55. The second-order valence-corrected chi connectivity index (χ2v) is 9.01. The van der Waals surface area contributed by atoms with Gasteiger partial charge in [0, 0.05) is 32.1 Å². The molecule has 0 aromatic carbocycles. The molecule has 0 saturated carbocycles. The van der Waals surface area contributed by atoms with Crippen molar-refractivity contribution in [2.24, 2.45) is 7.05 Å². The molecule has 0 aliphatic rings. The molecule has 0 unspecified atom stereocenters. The number of alkyl halides is 3. The predicted octanol–water partition coefficient (Wildman–Crippen LogP) is 5.39. The normalized spacial score (nSPS) is 12.4. The van der Waals surface area contributed by atoms with Crippen LogP contribution < -0.4 is 10.6 Å². The Morgan fingerprint density at radius 2 is 1.94 bits per heavy atom. The summed E-state index contributed by atoms with van der Waals surface area (Å²) in [5.41, 5.74) is -0.644. The van der Waals surface area contributed by atoms with Crippen LogP contribution >= 0.6 is 22.9 Å². The smallest absolute Gasteiger partial charge is 0.356 e. The lowest BCUT2D eigenvalue weighted by Crippen LogP contribution is -2.13. The second kappa shape index (κ2) is 10.5. The number of hydrogen-bond donors (Lipinski definition) is 2. The summed E-state index contributed by atoms with van der Waals surface area (Å²) in [4.78, 5) is 37.6. The van der Waals surface area contributed by atoms with E-state index in [0.717, 1.165) is 30.5 Å². The molecule has 182 valence electrons. The molecule has 34 heavy (non-hydrogen) atoms. The quantitative estimate of drug-likeness (QED) is 0.371. The van der Waals surface area contributed by atoms with E-state index in [4.69, 9.17) is 11.6 Å². The van der Waals surface area contributed by atoms with Crippen molar-refractivity contribution >= 4 is 46.4 Å². The minimum Gasteiger partial charge on any atom is -0.356 e. The summed E-state index contributed by atoms with van der Waals surface area (Å²) in [5.74, 6) is -0.757. The number of pyridine rings is 1. The number of rotatable bonds is 9. The van der Waals surface area contributed by atoms with Gasteiger partial charge in [0.25, 0.3) is 5.91 Å². The fourth-order valence-electron chi connectivity index (χ4n) is 3.06. The molecule has 0 fully saturated rings. The number of anilines is 2. The number of carbonyl (C=O) groups excluding carboxylic acids is 2. The van der Waals surface area contributed by atoms with Gasteiger partial charge in [0.2, 0.25) is 5.95 Å². The van der Waals surface area contributed by atoms with Crippen LogP contribution in [0.3, 0.4) is 0 Å². The van der Waals surface area contributed by atoms with E-state index in [1.807, 2.05) is 6.92 Å². The molecule has 0 aliphatic heterocycles. The molecule has 0 radical (unpaired) electrons. The van der Waals surface area contributed by atoms with Gasteiger partial charge in [-0.15, -0.1) is 11.3 Å². The van der Waals surface area contributed by atoms with E-state index in [1.165, 1.54) is 12.4 Å². The number of aromatic nitrogens is 4.